The van der Waals surface area contributed by atoms with Crippen molar-refractivity contribution < 1.29 is 14.5 Å². The normalized spacial score (nSPS) is 16.7. The van der Waals surface area contributed by atoms with E-state index in [0.29, 0.717) is 17.1 Å². The van der Waals surface area contributed by atoms with Crippen LogP contribution >= 0.6 is 0 Å². The number of non-ortho nitro benzene ring substituents is 1. The first-order valence-corrected chi connectivity index (χ1v) is 13.3. The van der Waals surface area contributed by atoms with Crippen molar-refractivity contribution in [2.24, 2.45) is 11.0 Å². The van der Waals surface area contributed by atoms with Crippen LogP contribution in [0.1, 0.15) is 63.1 Å². The molecular weight excluding hydrogens is 494 g/mol. The number of nitro benzene ring substituents is 1. The van der Waals surface area contributed by atoms with Crippen LogP contribution in [0.2, 0.25) is 0 Å². The number of amides is 3. The molecule has 0 saturated heterocycles. The smallest absolute Gasteiger partial charge is 0.326 e. The van der Waals surface area contributed by atoms with Crippen molar-refractivity contribution in [2.45, 2.75) is 52.0 Å². The van der Waals surface area contributed by atoms with Crippen LogP contribution in [0.15, 0.2) is 77.9 Å². The van der Waals surface area contributed by atoms with E-state index in [-0.39, 0.29) is 29.6 Å². The Bertz CT molecular complexity index is 1420. The molecule has 39 heavy (non-hydrogen) atoms. The molecule has 3 aromatic carbocycles. The molecule has 1 unspecified atom stereocenters. The molecule has 1 N–H and O–H groups in total. The number of hydrogen-bond acceptors (Lipinski definition) is 5. The number of urea groups is 1. The Hall–Kier alpha value is -4.53. The van der Waals surface area contributed by atoms with Crippen LogP contribution in [0.3, 0.4) is 0 Å². The van der Waals surface area contributed by atoms with E-state index in [4.69, 9.17) is 5.10 Å². The number of nitrogens with one attached hydrogen (secondary N) is 1. The molecule has 0 radical (unpaired) electrons. The van der Waals surface area contributed by atoms with Crippen LogP contribution in [0, 0.1) is 16.0 Å². The maximum Gasteiger partial charge on any atom is 0.350 e. The summed E-state index contributed by atoms with van der Waals surface area (Å²) in [5.74, 6) is -0.0393. The van der Waals surface area contributed by atoms with E-state index in [1.165, 1.54) is 30.5 Å². The van der Waals surface area contributed by atoms with Crippen LogP contribution in [0.4, 0.5) is 27.5 Å². The van der Waals surface area contributed by atoms with E-state index in [1.807, 2.05) is 49.4 Å². The summed E-state index contributed by atoms with van der Waals surface area (Å²) in [6, 6.07) is 20.4. The lowest BCUT2D eigenvalue weighted by atomic mass is 9.82. The van der Waals surface area contributed by atoms with Crippen molar-refractivity contribution in [3.63, 3.8) is 0 Å². The molecule has 1 fully saturated rings. The second-order valence-corrected chi connectivity index (χ2v) is 10.1. The van der Waals surface area contributed by atoms with Gasteiger partial charge in [0, 0.05) is 36.2 Å². The Kier molecular flexibility index (Phi) is 7.40. The van der Waals surface area contributed by atoms with Crippen LogP contribution in [0.5, 0.6) is 0 Å². The lowest BCUT2D eigenvalue weighted by Gasteiger charge is -2.30. The number of carbonyl (C=O) groups excluding carboxylic acids is 2. The first-order valence-electron chi connectivity index (χ1n) is 13.3. The van der Waals surface area contributed by atoms with Crippen molar-refractivity contribution >= 4 is 40.4 Å². The Morgan fingerprint density at radius 3 is 2.36 bits per heavy atom. The largest absolute Gasteiger partial charge is 0.350 e. The standard InChI is InChI=1S/C30H31N5O4/c1-20(22-9-5-3-6-10-22)34-30(37)33(25-14-16-26(17-15-25)35(38)39)28-18-13-24(31-21(2)36)19-27(28)29(32-34)23-11-7-4-8-12-23/h3,5-6,9-10,13-20,23H,4,7-8,11-12H2,1-2H3,(H,31,36). The van der Waals surface area contributed by atoms with Gasteiger partial charge in [-0.05, 0) is 55.7 Å². The number of benzene rings is 3. The zero-order chi connectivity index (χ0) is 27.5. The minimum absolute atomic E-state index is 0.0593. The molecule has 0 spiro atoms. The summed E-state index contributed by atoms with van der Waals surface area (Å²) in [5.41, 5.74) is 4.19. The average molecular weight is 526 g/mol. The number of rotatable bonds is 6. The fraction of sp³-hybridized carbons (Fsp3) is 0.300. The number of nitro groups is 1. The van der Waals surface area contributed by atoms with E-state index < -0.39 is 4.92 Å². The van der Waals surface area contributed by atoms with Gasteiger partial charge < -0.3 is 5.32 Å². The molecule has 1 saturated carbocycles. The quantitative estimate of drug-likeness (QED) is 0.272. The summed E-state index contributed by atoms with van der Waals surface area (Å²) in [6.07, 6.45) is 5.25. The molecule has 3 amide bonds. The predicted octanol–water partition coefficient (Wildman–Crippen LogP) is 7.17. The van der Waals surface area contributed by atoms with Gasteiger partial charge >= 0.3 is 6.03 Å². The van der Waals surface area contributed by atoms with Crippen LogP contribution in [-0.2, 0) is 4.79 Å². The SMILES string of the molecule is CC(=O)Nc1ccc2c(c1)C(C1CCCCC1)=NN(C(C)c1ccccc1)C(=O)N2c1ccc([N+](=O)[O-])cc1. The maximum atomic E-state index is 14.4. The van der Waals surface area contributed by atoms with E-state index in [0.717, 1.165) is 42.5 Å². The van der Waals surface area contributed by atoms with E-state index in [9.17, 15) is 19.7 Å². The first kappa shape index (κ1) is 26.1. The van der Waals surface area contributed by atoms with Gasteiger partial charge in [0.15, 0.2) is 0 Å². The van der Waals surface area contributed by atoms with Gasteiger partial charge in [0.2, 0.25) is 5.91 Å². The molecular formula is C30H31N5O4. The highest BCUT2D eigenvalue weighted by atomic mass is 16.6. The molecule has 9 nitrogen and oxygen atoms in total. The molecule has 1 atom stereocenters. The second-order valence-electron chi connectivity index (χ2n) is 10.1. The number of hydrazone groups is 1. The highest BCUT2D eigenvalue weighted by molar-refractivity contribution is 6.14. The van der Waals surface area contributed by atoms with Gasteiger partial charge in [-0.25, -0.2) is 9.80 Å². The lowest BCUT2D eigenvalue weighted by molar-refractivity contribution is -0.384. The van der Waals surface area contributed by atoms with Crippen LogP contribution < -0.4 is 10.2 Å². The van der Waals surface area contributed by atoms with Gasteiger partial charge in [-0.15, -0.1) is 0 Å². The van der Waals surface area contributed by atoms with Crippen molar-refractivity contribution in [3.8, 4) is 0 Å². The van der Waals surface area contributed by atoms with E-state index in [1.54, 1.807) is 23.1 Å². The average Bonchev–Trinajstić information content (AvgIpc) is 3.07. The van der Waals surface area contributed by atoms with Gasteiger partial charge in [0.1, 0.15) is 0 Å². The fourth-order valence-corrected chi connectivity index (χ4v) is 5.41. The molecule has 3 aromatic rings. The zero-order valence-corrected chi connectivity index (χ0v) is 22.0. The molecule has 1 aliphatic heterocycles. The van der Waals surface area contributed by atoms with Crippen LogP contribution in [-0.4, -0.2) is 27.6 Å². The molecule has 1 heterocycles. The first-order chi connectivity index (χ1) is 18.8. The second kappa shape index (κ2) is 11.1. The fourth-order valence-electron chi connectivity index (χ4n) is 5.41. The molecule has 1 aliphatic carbocycles. The third-order valence-corrected chi connectivity index (χ3v) is 7.40. The summed E-state index contributed by atoms with van der Waals surface area (Å²) >= 11 is 0. The molecule has 0 bridgehead atoms. The Balaban J connectivity index is 1.71. The monoisotopic (exact) mass is 525 g/mol. The lowest BCUT2D eigenvalue weighted by Crippen LogP contribution is -2.38. The molecule has 5 rings (SSSR count). The number of anilines is 3. The van der Waals surface area contributed by atoms with Crippen LogP contribution in [0.25, 0.3) is 0 Å². The van der Waals surface area contributed by atoms with Gasteiger partial charge in [-0.1, -0.05) is 49.6 Å². The third-order valence-electron chi connectivity index (χ3n) is 7.40. The molecule has 0 aromatic heterocycles. The minimum Gasteiger partial charge on any atom is -0.326 e. The molecule has 200 valence electrons. The Morgan fingerprint density at radius 1 is 1.03 bits per heavy atom. The van der Waals surface area contributed by atoms with E-state index >= 15 is 0 Å². The van der Waals surface area contributed by atoms with Crippen molar-refractivity contribution in [1.82, 2.24) is 5.01 Å². The number of fused-ring (bicyclic) bond motifs is 1. The van der Waals surface area contributed by atoms with Gasteiger partial charge in [0.25, 0.3) is 5.69 Å². The van der Waals surface area contributed by atoms with Crippen molar-refractivity contribution in [1.29, 1.82) is 0 Å². The molecule has 2 aliphatic rings. The number of nitrogens with zero attached hydrogens (tertiary/aromatic N) is 4. The van der Waals surface area contributed by atoms with Crippen molar-refractivity contribution in [2.75, 3.05) is 10.2 Å². The predicted molar refractivity (Wildman–Crippen MR) is 151 cm³/mol. The topological polar surface area (TPSA) is 108 Å². The maximum absolute atomic E-state index is 14.4. The summed E-state index contributed by atoms with van der Waals surface area (Å²) < 4.78 is 0. The van der Waals surface area contributed by atoms with E-state index in [2.05, 4.69) is 5.32 Å². The summed E-state index contributed by atoms with van der Waals surface area (Å²) in [5, 5.41) is 20.8. The Morgan fingerprint density at radius 2 is 1.72 bits per heavy atom. The van der Waals surface area contributed by atoms with Crippen molar-refractivity contribution in [3.05, 3.63) is 94.0 Å². The van der Waals surface area contributed by atoms with Gasteiger partial charge in [-0.2, -0.15) is 5.10 Å². The minimum atomic E-state index is -0.463. The summed E-state index contributed by atoms with van der Waals surface area (Å²) in [4.78, 5) is 38.7. The highest BCUT2D eigenvalue weighted by Gasteiger charge is 2.36. The summed E-state index contributed by atoms with van der Waals surface area (Å²) in [6.45, 7) is 3.40. The molecule has 9 heteroatoms. The highest BCUT2D eigenvalue weighted by Crippen LogP contribution is 2.40. The number of carbonyl (C=O) groups is 2. The van der Waals surface area contributed by atoms with Gasteiger partial charge in [-0.3, -0.25) is 19.8 Å². The third kappa shape index (κ3) is 5.38. The Labute approximate surface area is 227 Å². The summed E-state index contributed by atoms with van der Waals surface area (Å²) in [7, 11) is 0. The zero-order valence-electron chi connectivity index (χ0n) is 22.0. The van der Waals surface area contributed by atoms with Gasteiger partial charge in [0.05, 0.1) is 28.1 Å². The number of hydrogen-bond donors (Lipinski definition) is 1.